The second-order valence-electron chi connectivity index (χ2n) is 5.67. The van der Waals surface area contributed by atoms with Gasteiger partial charge in [-0.1, -0.05) is 43.0 Å². The second-order valence-corrected chi connectivity index (χ2v) is 6.76. The maximum atomic E-state index is 12.1. The van der Waals surface area contributed by atoms with Crippen LogP contribution in [0.4, 0.5) is 11.4 Å². The smallest absolute Gasteiger partial charge is 0.241 e. The molecule has 2 aromatic rings. The van der Waals surface area contributed by atoms with Gasteiger partial charge in [0.15, 0.2) is 0 Å². The van der Waals surface area contributed by atoms with E-state index < -0.39 is 0 Å². The van der Waals surface area contributed by atoms with Crippen LogP contribution in [0.15, 0.2) is 63.4 Å². The third kappa shape index (κ3) is 3.62. The normalized spacial score (nSPS) is 13.2. The zero-order chi connectivity index (χ0) is 16.9. The number of carbonyl (C=O) groups is 1. The number of carbonyl (C=O) groups excluding carboxylic acids is 1. The van der Waals surface area contributed by atoms with Crippen LogP contribution in [0.3, 0.4) is 0 Å². The summed E-state index contributed by atoms with van der Waals surface area (Å²) in [5, 5.41) is 4.09. The molecular weight excluding hydrogens is 318 g/mol. The molecule has 2 aromatic carbocycles. The number of nitrogens with one attached hydrogen (secondary N) is 1. The highest BCUT2D eigenvalue weighted by atomic mass is 32.2. The molecule has 24 heavy (non-hydrogen) atoms. The molecule has 3 rings (SSSR count). The van der Waals surface area contributed by atoms with Crippen LogP contribution in [0.25, 0.3) is 0 Å². The van der Waals surface area contributed by atoms with Crippen molar-refractivity contribution in [1.29, 1.82) is 0 Å². The molecule has 0 fully saturated rings. The first-order chi connectivity index (χ1) is 11.7. The van der Waals surface area contributed by atoms with Gasteiger partial charge in [0.25, 0.3) is 0 Å². The molecule has 0 aliphatic carbocycles. The van der Waals surface area contributed by atoms with Gasteiger partial charge in [-0.25, -0.2) is 5.43 Å². The molecule has 0 bridgehead atoms. The average Bonchev–Trinajstić information content (AvgIpc) is 2.63. The van der Waals surface area contributed by atoms with Crippen molar-refractivity contribution in [2.45, 2.75) is 36.5 Å². The van der Waals surface area contributed by atoms with E-state index in [0.29, 0.717) is 13.0 Å². The third-order valence-corrected chi connectivity index (χ3v) is 5.11. The Morgan fingerprint density at radius 1 is 1.08 bits per heavy atom. The fourth-order valence-electron chi connectivity index (χ4n) is 2.53. The van der Waals surface area contributed by atoms with Crippen molar-refractivity contribution in [1.82, 2.24) is 5.43 Å². The van der Waals surface area contributed by atoms with E-state index in [1.54, 1.807) is 11.8 Å². The number of hydrogen-bond donors (Lipinski definition) is 1. The van der Waals surface area contributed by atoms with Crippen molar-refractivity contribution in [3.05, 3.63) is 48.5 Å². The Morgan fingerprint density at radius 2 is 1.67 bits per heavy atom. The first-order valence-corrected chi connectivity index (χ1v) is 8.96. The second kappa shape index (κ2) is 7.53. The largest absolute Gasteiger partial charge is 0.339 e. The van der Waals surface area contributed by atoms with Gasteiger partial charge >= 0.3 is 0 Å². The maximum Gasteiger partial charge on any atom is 0.241 e. The lowest BCUT2D eigenvalue weighted by molar-refractivity contribution is -0.120. The van der Waals surface area contributed by atoms with Crippen LogP contribution < -0.4 is 10.3 Å². The Bertz CT molecular complexity index is 727. The van der Waals surface area contributed by atoms with Crippen LogP contribution in [-0.4, -0.2) is 18.2 Å². The summed E-state index contributed by atoms with van der Waals surface area (Å²) < 4.78 is 0. The Labute approximate surface area is 146 Å². The lowest BCUT2D eigenvalue weighted by Gasteiger charge is -2.32. The molecule has 0 spiro atoms. The average molecular weight is 339 g/mol. The molecule has 0 saturated carbocycles. The van der Waals surface area contributed by atoms with Crippen LogP contribution in [0.2, 0.25) is 0 Å². The fraction of sp³-hybridized carbons (Fsp3) is 0.263. The molecule has 0 atom stereocenters. The highest BCUT2D eigenvalue weighted by molar-refractivity contribution is 7.99. The number of nitrogens with zero attached hydrogens (tertiary/aromatic N) is 2. The van der Waals surface area contributed by atoms with E-state index in [2.05, 4.69) is 39.7 Å². The van der Waals surface area contributed by atoms with Gasteiger partial charge in [-0.3, -0.25) is 4.79 Å². The van der Waals surface area contributed by atoms with Crippen molar-refractivity contribution in [3.8, 4) is 0 Å². The first kappa shape index (κ1) is 16.6. The van der Waals surface area contributed by atoms with Crippen LogP contribution in [-0.2, 0) is 4.79 Å². The van der Waals surface area contributed by atoms with E-state index in [9.17, 15) is 4.79 Å². The zero-order valence-corrected chi connectivity index (χ0v) is 14.8. The molecular formula is C19H21N3OS. The van der Waals surface area contributed by atoms with Gasteiger partial charge in [-0.15, -0.1) is 0 Å². The van der Waals surface area contributed by atoms with E-state index in [4.69, 9.17) is 0 Å². The molecule has 1 N–H and O–H groups in total. The van der Waals surface area contributed by atoms with Crippen molar-refractivity contribution >= 4 is 34.8 Å². The number of fused-ring (bicyclic) bond motifs is 2. The van der Waals surface area contributed by atoms with Gasteiger partial charge in [0.2, 0.25) is 5.91 Å². The van der Waals surface area contributed by atoms with E-state index in [-0.39, 0.29) is 5.91 Å². The Morgan fingerprint density at radius 3 is 2.25 bits per heavy atom. The predicted molar refractivity (Wildman–Crippen MR) is 100 cm³/mol. The molecule has 1 amide bonds. The van der Waals surface area contributed by atoms with Crippen molar-refractivity contribution in [2.75, 3.05) is 11.4 Å². The molecule has 0 saturated heterocycles. The number of para-hydroxylation sites is 2. The molecule has 0 aromatic heterocycles. The van der Waals surface area contributed by atoms with Crippen LogP contribution in [0, 0.1) is 0 Å². The minimum atomic E-state index is -0.0593. The maximum absolute atomic E-state index is 12.1. The van der Waals surface area contributed by atoms with Crippen molar-refractivity contribution in [3.63, 3.8) is 0 Å². The van der Waals surface area contributed by atoms with E-state index in [1.165, 1.54) is 9.79 Å². The number of hydrogen-bond acceptors (Lipinski definition) is 4. The van der Waals surface area contributed by atoms with Gasteiger partial charge in [0, 0.05) is 28.5 Å². The van der Waals surface area contributed by atoms with Gasteiger partial charge in [-0.2, -0.15) is 5.10 Å². The van der Waals surface area contributed by atoms with Gasteiger partial charge in [0.1, 0.15) is 0 Å². The Balaban J connectivity index is 1.77. The van der Waals surface area contributed by atoms with E-state index in [1.807, 2.05) is 38.1 Å². The first-order valence-electron chi connectivity index (χ1n) is 8.14. The lowest BCUT2D eigenvalue weighted by Crippen LogP contribution is -2.27. The quantitative estimate of drug-likeness (QED) is 0.640. The molecule has 0 radical (unpaired) electrons. The van der Waals surface area contributed by atoms with Crippen molar-refractivity contribution < 1.29 is 4.79 Å². The van der Waals surface area contributed by atoms with Gasteiger partial charge in [0.05, 0.1) is 11.4 Å². The fourth-order valence-corrected chi connectivity index (χ4v) is 3.62. The zero-order valence-electron chi connectivity index (χ0n) is 14.0. The van der Waals surface area contributed by atoms with Crippen molar-refractivity contribution in [2.24, 2.45) is 5.10 Å². The number of amides is 1. The number of rotatable bonds is 5. The third-order valence-electron chi connectivity index (χ3n) is 3.98. The molecule has 1 aliphatic heterocycles. The summed E-state index contributed by atoms with van der Waals surface area (Å²) in [6, 6.07) is 16.6. The molecule has 5 heteroatoms. The topological polar surface area (TPSA) is 44.7 Å². The highest BCUT2D eigenvalue weighted by Crippen LogP contribution is 2.47. The molecule has 1 aliphatic rings. The molecule has 1 heterocycles. The number of anilines is 2. The molecule has 4 nitrogen and oxygen atoms in total. The Kier molecular flexibility index (Phi) is 5.20. The standard InChI is InChI=1S/C19H21N3OS/c1-3-14(2)20-21-19(23)12-13-22-15-8-4-6-10-17(15)24-18-11-7-5-9-16(18)22/h4-11H,3,12-13H2,1-2H3,(H,21,23)/b20-14-. The molecule has 0 unspecified atom stereocenters. The predicted octanol–water partition coefficient (Wildman–Crippen LogP) is 4.58. The number of benzene rings is 2. The monoisotopic (exact) mass is 339 g/mol. The minimum absolute atomic E-state index is 0.0593. The van der Waals surface area contributed by atoms with E-state index >= 15 is 0 Å². The molecule has 124 valence electrons. The lowest BCUT2D eigenvalue weighted by atomic mass is 10.2. The summed E-state index contributed by atoms with van der Waals surface area (Å²) >= 11 is 1.77. The van der Waals surface area contributed by atoms with Gasteiger partial charge < -0.3 is 4.90 Å². The van der Waals surface area contributed by atoms with E-state index in [0.717, 1.165) is 23.5 Å². The minimum Gasteiger partial charge on any atom is -0.339 e. The summed E-state index contributed by atoms with van der Waals surface area (Å²) in [5.41, 5.74) is 5.87. The SMILES string of the molecule is CC/C(C)=N\NC(=O)CCN1c2ccccc2Sc2ccccc21. The van der Waals surface area contributed by atoms with Gasteiger partial charge in [-0.05, 0) is 37.6 Å². The number of hydrazone groups is 1. The van der Waals surface area contributed by atoms with Crippen LogP contribution in [0.5, 0.6) is 0 Å². The summed E-state index contributed by atoms with van der Waals surface area (Å²) in [5.74, 6) is -0.0593. The summed E-state index contributed by atoms with van der Waals surface area (Å²) in [6.45, 7) is 4.56. The Hall–Kier alpha value is -2.27. The van der Waals surface area contributed by atoms with Crippen LogP contribution in [0.1, 0.15) is 26.7 Å². The summed E-state index contributed by atoms with van der Waals surface area (Å²) in [6.07, 6.45) is 1.23. The van der Waals surface area contributed by atoms with Crippen LogP contribution >= 0.6 is 11.8 Å². The summed E-state index contributed by atoms with van der Waals surface area (Å²) in [4.78, 5) is 16.7. The highest BCUT2D eigenvalue weighted by Gasteiger charge is 2.22. The summed E-state index contributed by atoms with van der Waals surface area (Å²) in [7, 11) is 0.